The Morgan fingerprint density at radius 1 is 1.38 bits per heavy atom. The van der Waals surface area contributed by atoms with Crippen molar-refractivity contribution >= 4 is 56.3 Å². The highest BCUT2D eigenvalue weighted by Crippen LogP contribution is 2.40. The Hall–Kier alpha value is -1.56. The zero-order valence-corrected chi connectivity index (χ0v) is 16.6. The molecule has 9 heteroatoms. The van der Waals surface area contributed by atoms with Crippen molar-refractivity contribution in [2.75, 3.05) is 18.5 Å². The Morgan fingerprint density at radius 3 is 2.92 bits per heavy atom. The van der Waals surface area contributed by atoms with Gasteiger partial charge in [0.15, 0.2) is 5.78 Å². The lowest BCUT2D eigenvalue weighted by molar-refractivity contribution is 0.0168. The van der Waals surface area contributed by atoms with Gasteiger partial charge in [-0.2, -0.15) is 0 Å². The van der Waals surface area contributed by atoms with Crippen LogP contribution in [0.4, 0.5) is 15.1 Å². The fraction of sp³-hybridized carbons (Fsp3) is 0.294. The van der Waals surface area contributed by atoms with E-state index in [1.807, 2.05) is 22.6 Å². The molecular weight excluding hydrogens is 474 g/mol. The molecule has 1 aliphatic carbocycles. The van der Waals surface area contributed by atoms with Crippen LogP contribution in [0.3, 0.4) is 0 Å². The monoisotopic (exact) mass is 490 g/mol. The number of hydroxylamine groups is 1. The Balaban J connectivity index is 1.97. The number of amides is 1. The number of fused-ring (bicyclic) bond motifs is 1. The van der Waals surface area contributed by atoms with E-state index in [2.05, 4.69) is 10.8 Å². The molecule has 0 unspecified atom stereocenters. The van der Waals surface area contributed by atoms with E-state index in [1.54, 1.807) is 12.1 Å². The second-order valence-corrected chi connectivity index (χ2v) is 7.91. The molecule has 1 heterocycles. The first-order valence-electron chi connectivity index (χ1n) is 7.95. The van der Waals surface area contributed by atoms with Crippen molar-refractivity contribution in [1.82, 2.24) is 5.48 Å². The molecule has 1 amide bonds. The zero-order valence-electron chi connectivity index (χ0n) is 13.6. The van der Waals surface area contributed by atoms with Crippen LogP contribution in [0, 0.1) is 9.39 Å². The molecule has 1 aromatic carbocycles. The molecule has 1 aliphatic rings. The van der Waals surface area contributed by atoms with E-state index < -0.39 is 11.7 Å². The summed E-state index contributed by atoms with van der Waals surface area (Å²) in [5, 5.41) is 12.1. The average Bonchev–Trinajstić information content (AvgIpc) is 2.97. The normalized spacial score (nSPS) is 13.4. The van der Waals surface area contributed by atoms with Crippen molar-refractivity contribution in [3.05, 3.63) is 43.6 Å². The molecule has 0 spiro atoms. The van der Waals surface area contributed by atoms with E-state index in [0.717, 1.165) is 14.9 Å². The number of carbonyl (C=O) groups is 2. The smallest absolute Gasteiger partial charge is 0.278 e. The summed E-state index contributed by atoms with van der Waals surface area (Å²) in [5.41, 5.74) is 3.43. The Morgan fingerprint density at radius 2 is 2.19 bits per heavy atom. The Labute approximate surface area is 166 Å². The molecule has 2 aromatic rings. The van der Waals surface area contributed by atoms with Crippen molar-refractivity contribution in [1.29, 1.82) is 0 Å². The maximum atomic E-state index is 14.2. The van der Waals surface area contributed by atoms with Crippen LogP contribution in [0.25, 0.3) is 0 Å². The highest BCUT2D eigenvalue weighted by atomic mass is 127. The molecule has 0 bridgehead atoms. The average molecular weight is 490 g/mol. The molecule has 0 radical (unpaired) electrons. The number of rotatable bonds is 6. The minimum absolute atomic E-state index is 0.0160. The van der Waals surface area contributed by atoms with E-state index in [9.17, 15) is 14.0 Å². The molecule has 0 fully saturated rings. The first kappa shape index (κ1) is 19.2. The van der Waals surface area contributed by atoms with E-state index in [4.69, 9.17) is 9.94 Å². The predicted octanol–water partition coefficient (Wildman–Crippen LogP) is 3.41. The molecule has 3 rings (SSSR count). The van der Waals surface area contributed by atoms with Crippen LogP contribution in [0.5, 0.6) is 0 Å². The lowest BCUT2D eigenvalue weighted by Gasteiger charge is -2.13. The topological polar surface area (TPSA) is 87.7 Å². The summed E-state index contributed by atoms with van der Waals surface area (Å²) in [7, 11) is 0. The fourth-order valence-electron chi connectivity index (χ4n) is 2.72. The number of nitrogens with one attached hydrogen (secondary N) is 2. The van der Waals surface area contributed by atoms with Gasteiger partial charge >= 0.3 is 0 Å². The molecule has 0 aliphatic heterocycles. The van der Waals surface area contributed by atoms with Gasteiger partial charge in [-0.1, -0.05) is 0 Å². The van der Waals surface area contributed by atoms with Gasteiger partial charge in [-0.15, -0.1) is 11.3 Å². The van der Waals surface area contributed by atoms with Crippen LogP contribution < -0.4 is 10.8 Å². The summed E-state index contributed by atoms with van der Waals surface area (Å²) in [6.07, 6.45) is 1.70. The molecule has 3 N–H and O–H groups in total. The highest BCUT2D eigenvalue weighted by molar-refractivity contribution is 14.1. The van der Waals surface area contributed by atoms with Crippen LogP contribution in [0.15, 0.2) is 18.2 Å². The van der Waals surface area contributed by atoms with Crippen LogP contribution in [0.2, 0.25) is 0 Å². The summed E-state index contributed by atoms with van der Waals surface area (Å²) < 4.78 is 14.9. The Kier molecular flexibility index (Phi) is 6.22. The molecule has 1 aromatic heterocycles. The number of hydrogen-bond donors (Lipinski definition) is 3. The van der Waals surface area contributed by atoms with Gasteiger partial charge in [0, 0.05) is 9.99 Å². The zero-order chi connectivity index (χ0) is 18.7. The predicted molar refractivity (Wildman–Crippen MR) is 104 cm³/mol. The van der Waals surface area contributed by atoms with Crippen molar-refractivity contribution < 1.29 is 23.9 Å². The summed E-state index contributed by atoms with van der Waals surface area (Å²) in [6.45, 7) is -0.287. The summed E-state index contributed by atoms with van der Waals surface area (Å²) >= 11 is 3.16. The van der Waals surface area contributed by atoms with Crippen molar-refractivity contribution in [3.63, 3.8) is 0 Å². The van der Waals surface area contributed by atoms with E-state index in [0.29, 0.717) is 34.7 Å². The molecular formula is C17H16FIN2O4S. The number of carbonyl (C=O) groups excluding carboxylic acids is 2. The third kappa shape index (κ3) is 4.05. The van der Waals surface area contributed by atoms with E-state index >= 15 is 0 Å². The lowest BCUT2D eigenvalue weighted by atomic mass is 9.94. The minimum Gasteiger partial charge on any atom is -0.394 e. The molecule has 138 valence electrons. The maximum Gasteiger partial charge on any atom is 0.278 e. The lowest BCUT2D eigenvalue weighted by Crippen LogP contribution is -2.27. The number of aliphatic hydroxyl groups is 1. The van der Waals surface area contributed by atoms with Crippen molar-refractivity contribution in [2.24, 2.45) is 0 Å². The number of benzene rings is 1. The molecule has 0 saturated heterocycles. The molecule has 6 nitrogen and oxygen atoms in total. The van der Waals surface area contributed by atoms with Crippen LogP contribution in [0.1, 0.15) is 38.4 Å². The summed E-state index contributed by atoms with van der Waals surface area (Å²) in [6, 6.07) is 4.71. The van der Waals surface area contributed by atoms with E-state index in [-0.39, 0.29) is 30.2 Å². The first-order valence-corrected chi connectivity index (χ1v) is 9.84. The minimum atomic E-state index is -0.529. The molecule has 0 atom stereocenters. The quantitative estimate of drug-likeness (QED) is 0.328. The summed E-state index contributed by atoms with van der Waals surface area (Å²) in [4.78, 5) is 30.2. The number of ketones is 1. The SMILES string of the molecule is O=C1CCCc2c1sc(Nc1ccc(I)cc1F)c2C(=O)NOCCO. The molecule has 26 heavy (non-hydrogen) atoms. The maximum absolute atomic E-state index is 14.2. The van der Waals surface area contributed by atoms with Gasteiger partial charge in [0.25, 0.3) is 5.91 Å². The van der Waals surface area contributed by atoms with Gasteiger partial charge in [-0.3, -0.25) is 14.4 Å². The van der Waals surface area contributed by atoms with Gasteiger partial charge in [0.05, 0.1) is 29.3 Å². The standard InChI is InChI=1S/C17H16FIN2O4S/c18-11-8-9(19)4-5-12(11)20-17-14(16(24)21-25-7-6-22)10-2-1-3-13(23)15(10)26-17/h4-5,8,20,22H,1-3,6-7H2,(H,21,24). The van der Waals surface area contributed by atoms with Crippen LogP contribution >= 0.6 is 33.9 Å². The molecule has 0 saturated carbocycles. The number of anilines is 2. The fourth-order valence-corrected chi connectivity index (χ4v) is 4.40. The number of thiophene rings is 1. The number of Topliss-reactive ketones (excluding diaryl/α,β-unsaturated/α-hetero) is 1. The van der Waals surface area contributed by atoms with Gasteiger partial charge < -0.3 is 10.4 Å². The second kappa shape index (κ2) is 8.42. The third-order valence-corrected chi connectivity index (χ3v) is 5.72. The van der Waals surface area contributed by atoms with Gasteiger partial charge in [-0.05, 0) is 59.2 Å². The van der Waals surface area contributed by atoms with Crippen molar-refractivity contribution in [2.45, 2.75) is 19.3 Å². The van der Waals surface area contributed by atoms with Gasteiger partial charge in [0.1, 0.15) is 10.8 Å². The Bertz CT molecular complexity index is 856. The third-order valence-electron chi connectivity index (χ3n) is 3.86. The van der Waals surface area contributed by atoms with Gasteiger partial charge in [-0.25, -0.2) is 9.87 Å². The van der Waals surface area contributed by atoms with E-state index in [1.165, 1.54) is 6.07 Å². The highest BCUT2D eigenvalue weighted by Gasteiger charge is 2.30. The first-order chi connectivity index (χ1) is 12.5. The number of halogens is 2. The van der Waals surface area contributed by atoms with Gasteiger partial charge in [0.2, 0.25) is 0 Å². The summed E-state index contributed by atoms with van der Waals surface area (Å²) in [5.74, 6) is -0.991. The van der Waals surface area contributed by atoms with Crippen molar-refractivity contribution in [3.8, 4) is 0 Å². The largest absolute Gasteiger partial charge is 0.394 e. The number of hydrogen-bond acceptors (Lipinski definition) is 6. The second-order valence-electron chi connectivity index (χ2n) is 5.64. The number of aliphatic hydroxyl groups excluding tert-OH is 1. The van der Waals surface area contributed by atoms with Crippen LogP contribution in [-0.4, -0.2) is 30.0 Å². The van der Waals surface area contributed by atoms with Crippen LogP contribution in [-0.2, 0) is 11.3 Å².